The predicted octanol–water partition coefficient (Wildman–Crippen LogP) is 2.27. The molecule has 1 unspecified atom stereocenters. The van der Waals surface area contributed by atoms with Crippen molar-refractivity contribution < 1.29 is 14.4 Å². The fraction of sp³-hybridized carbons (Fsp3) is 0.550. The van der Waals surface area contributed by atoms with Crippen molar-refractivity contribution in [1.29, 1.82) is 0 Å². The van der Waals surface area contributed by atoms with E-state index in [0.29, 0.717) is 19.5 Å². The van der Waals surface area contributed by atoms with Crippen molar-refractivity contribution in [2.75, 3.05) is 25.0 Å². The molecule has 148 valence electrons. The number of benzene rings is 1. The first kappa shape index (κ1) is 20.7. The van der Waals surface area contributed by atoms with Gasteiger partial charge in [0.05, 0.1) is 12.5 Å². The Kier molecular flexibility index (Phi) is 6.82. The second-order valence-electron chi connectivity index (χ2n) is 8.10. The summed E-state index contributed by atoms with van der Waals surface area (Å²) in [5.74, 6) is -0.711. The van der Waals surface area contributed by atoms with E-state index in [4.69, 9.17) is 0 Å². The van der Waals surface area contributed by atoms with Crippen molar-refractivity contribution in [3.05, 3.63) is 29.8 Å². The van der Waals surface area contributed by atoms with Gasteiger partial charge in [0.15, 0.2) is 0 Å². The molecule has 27 heavy (non-hydrogen) atoms. The Morgan fingerprint density at radius 3 is 2.63 bits per heavy atom. The minimum Gasteiger partial charge on any atom is -0.350 e. The molecule has 1 aliphatic rings. The van der Waals surface area contributed by atoms with E-state index in [1.54, 1.807) is 4.90 Å². The number of anilines is 1. The fourth-order valence-corrected chi connectivity index (χ4v) is 3.08. The number of amides is 4. The minimum atomic E-state index is -0.336. The van der Waals surface area contributed by atoms with E-state index in [2.05, 4.69) is 16.0 Å². The molecule has 4 amide bonds. The maximum absolute atomic E-state index is 12.5. The number of hydrogen-bond acceptors (Lipinski definition) is 3. The lowest BCUT2D eigenvalue weighted by atomic mass is 9.97. The van der Waals surface area contributed by atoms with Crippen LogP contribution in [-0.2, 0) is 9.59 Å². The van der Waals surface area contributed by atoms with Crippen molar-refractivity contribution in [2.45, 2.75) is 46.1 Å². The molecule has 1 fully saturated rings. The summed E-state index contributed by atoms with van der Waals surface area (Å²) in [6.07, 6.45) is 1.47. The Morgan fingerprint density at radius 1 is 1.22 bits per heavy atom. The molecule has 0 aliphatic carbocycles. The van der Waals surface area contributed by atoms with Crippen LogP contribution < -0.4 is 16.0 Å². The topological polar surface area (TPSA) is 90.5 Å². The minimum absolute atomic E-state index is 0.0535. The molecule has 0 saturated carbocycles. The second kappa shape index (κ2) is 8.88. The average Bonchev–Trinajstić information content (AvgIpc) is 2.58. The van der Waals surface area contributed by atoms with Crippen molar-refractivity contribution in [2.24, 2.45) is 5.92 Å². The molecule has 1 aromatic rings. The molecule has 2 rings (SSSR count). The maximum atomic E-state index is 12.5. The molecule has 0 bridgehead atoms. The van der Waals surface area contributed by atoms with Crippen LogP contribution in [0.5, 0.6) is 0 Å². The molecule has 1 aliphatic heterocycles. The van der Waals surface area contributed by atoms with E-state index in [0.717, 1.165) is 17.7 Å². The van der Waals surface area contributed by atoms with Gasteiger partial charge < -0.3 is 20.9 Å². The number of nitrogens with one attached hydrogen (secondary N) is 3. The molecular weight excluding hydrogens is 344 g/mol. The summed E-state index contributed by atoms with van der Waals surface area (Å²) in [4.78, 5) is 38.4. The van der Waals surface area contributed by atoms with Gasteiger partial charge in [-0.2, -0.15) is 0 Å². The lowest BCUT2D eigenvalue weighted by Crippen LogP contribution is -2.50. The van der Waals surface area contributed by atoms with Crippen LogP contribution in [0.1, 0.15) is 39.2 Å². The Labute approximate surface area is 160 Å². The fourth-order valence-electron chi connectivity index (χ4n) is 3.08. The van der Waals surface area contributed by atoms with Gasteiger partial charge in [-0.1, -0.05) is 12.1 Å². The summed E-state index contributed by atoms with van der Waals surface area (Å²) < 4.78 is 0. The van der Waals surface area contributed by atoms with Crippen LogP contribution in [0.15, 0.2) is 24.3 Å². The monoisotopic (exact) mass is 374 g/mol. The number of piperidine rings is 1. The number of carbonyl (C=O) groups excluding carboxylic acids is 3. The van der Waals surface area contributed by atoms with Gasteiger partial charge in [0, 0.05) is 24.3 Å². The highest BCUT2D eigenvalue weighted by molar-refractivity contribution is 5.90. The first-order valence-electron chi connectivity index (χ1n) is 9.35. The van der Waals surface area contributed by atoms with Gasteiger partial charge in [-0.3, -0.25) is 9.59 Å². The molecule has 0 aromatic heterocycles. The number of carbonyl (C=O) groups is 3. The SMILES string of the molecule is Cc1cccc(NC(=O)N2CCCC(C(=O)NCC(=O)NC(C)(C)C)C2)c1. The van der Waals surface area contributed by atoms with Crippen LogP contribution in [0.25, 0.3) is 0 Å². The van der Waals surface area contributed by atoms with Crippen LogP contribution in [0.3, 0.4) is 0 Å². The Morgan fingerprint density at radius 2 is 1.96 bits per heavy atom. The lowest BCUT2D eigenvalue weighted by Gasteiger charge is -2.32. The van der Waals surface area contributed by atoms with E-state index >= 15 is 0 Å². The zero-order valence-corrected chi connectivity index (χ0v) is 16.6. The Hall–Kier alpha value is -2.57. The highest BCUT2D eigenvalue weighted by Crippen LogP contribution is 2.18. The smallest absolute Gasteiger partial charge is 0.321 e. The summed E-state index contributed by atoms with van der Waals surface area (Å²) in [7, 11) is 0. The zero-order chi connectivity index (χ0) is 20.0. The number of aryl methyl sites for hydroxylation is 1. The largest absolute Gasteiger partial charge is 0.350 e. The third-order valence-corrected chi connectivity index (χ3v) is 4.29. The van der Waals surface area contributed by atoms with Gasteiger partial charge in [-0.15, -0.1) is 0 Å². The molecule has 7 heteroatoms. The second-order valence-corrected chi connectivity index (χ2v) is 8.10. The number of likely N-dealkylation sites (tertiary alicyclic amines) is 1. The van der Waals surface area contributed by atoms with Crippen LogP contribution in [-0.4, -0.2) is 47.9 Å². The highest BCUT2D eigenvalue weighted by Gasteiger charge is 2.28. The molecule has 1 heterocycles. The van der Waals surface area contributed by atoms with E-state index in [-0.39, 0.29) is 35.8 Å². The summed E-state index contributed by atoms with van der Waals surface area (Å²) in [6, 6.07) is 7.39. The number of urea groups is 1. The van der Waals surface area contributed by atoms with Gasteiger partial charge in [-0.05, 0) is 58.2 Å². The van der Waals surface area contributed by atoms with Crippen LogP contribution in [0.4, 0.5) is 10.5 Å². The first-order chi connectivity index (χ1) is 12.6. The van der Waals surface area contributed by atoms with Crippen molar-refractivity contribution >= 4 is 23.5 Å². The van der Waals surface area contributed by atoms with E-state index in [1.165, 1.54) is 0 Å². The Balaban J connectivity index is 1.84. The van der Waals surface area contributed by atoms with Gasteiger partial charge >= 0.3 is 6.03 Å². The van der Waals surface area contributed by atoms with Crippen LogP contribution >= 0.6 is 0 Å². The molecule has 1 aromatic carbocycles. The van der Waals surface area contributed by atoms with Crippen molar-refractivity contribution in [1.82, 2.24) is 15.5 Å². The third kappa shape index (κ3) is 6.92. The molecule has 7 nitrogen and oxygen atoms in total. The van der Waals surface area contributed by atoms with E-state index < -0.39 is 0 Å². The molecule has 0 spiro atoms. The summed E-state index contributed by atoms with van der Waals surface area (Å²) in [6.45, 7) is 8.54. The van der Waals surface area contributed by atoms with Crippen molar-refractivity contribution in [3.63, 3.8) is 0 Å². The molecular formula is C20H30N4O3. The quantitative estimate of drug-likeness (QED) is 0.755. The molecule has 1 atom stereocenters. The van der Waals surface area contributed by atoms with Gasteiger partial charge in [0.2, 0.25) is 11.8 Å². The first-order valence-corrected chi connectivity index (χ1v) is 9.35. The van der Waals surface area contributed by atoms with Crippen molar-refractivity contribution in [3.8, 4) is 0 Å². The maximum Gasteiger partial charge on any atom is 0.321 e. The predicted molar refractivity (Wildman–Crippen MR) is 105 cm³/mol. The standard InChI is InChI=1S/C20H30N4O3/c1-14-7-5-9-16(11-14)22-19(27)24-10-6-8-15(13-24)18(26)21-12-17(25)23-20(2,3)4/h5,7,9,11,15H,6,8,10,12-13H2,1-4H3,(H,21,26)(H,22,27)(H,23,25). The number of nitrogens with zero attached hydrogens (tertiary/aromatic N) is 1. The molecule has 3 N–H and O–H groups in total. The third-order valence-electron chi connectivity index (χ3n) is 4.29. The highest BCUT2D eigenvalue weighted by atomic mass is 16.2. The summed E-state index contributed by atoms with van der Waals surface area (Å²) in [5.41, 5.74) is 1.47. The normalized spacial score (nSPS) is 17.2. The summed E-state index contributed by atoms with van der Waals surface area (Å²) in [5, 5.41) is 8.37. The zero-order valence-electron chi connectivity index (χ0n) is 16.6. The van der Waals surface area contributed by atoms with E-state index in [9.17, 15) is 14.4 Å². The lowest BCUT2D eigenvalue weighted by molar-refractivity contribution is -0.130. The number of hydrogen-bond donors (Lipinski definition) is 3. The van der Waals surface area contributed by atoms with Gasteiger partial charge in [0.1, 0.15) is 0 Å². The number of rotatable bonds is 4. The van der Waals surface area contributed by atoms with Crippen LogP contribution in [0.2, 0.25) is 0 Å². The summed E-state index contributed by atoms with van der Waals surface area (Å²) >= 11 is 0. The van der Waals surface area contributed by atoms with Gasteiger partial charge in [-0.25, -0.2) is 4.79 Å². The Bertz CT molecular complexity index is 697. The van der Waals surface area contributed by atoms with Gasteiger partial charge in [0.25, 0.3) is 0 Å². The van der Waals surface area contributed by atoms with Crippen LogP contribution in [0, 0.1) is 12.8 Å². The average molecular weight is 374 g/mol. The molecule has 1 saturated heterocycles. The molecule has 0 radical (unpaired) electrons. The van der Waals surface area contributed by atoms with E-state index in [1.807, 2.05) is 52.0 Å².